The van der Waals surface area contributed by atoms with Crippen LogP contribution in [0.1, 0.15) is 52.7 Å². The zero-order chi connectivity index (χ0) is 20.1. The number of rotatable bonds is 1. The first kappa shape index (κ1) is 21.7. The van der Waals surface area contributed by atoms with E-state index in [0.717, 1.165) is 11.3 Å². The number of benzene rings is 3. The van der Waals surface area contributed by atoms with Gasteiger partial charge in [-0.2, -0.15) is 0 Å². The molecule has 0 aliphatic carbocycles. The minimum Gasteiger partial charge on any atom is -0.305 e. The largest absolute Gasteiger partial charge is 0.305 e. The molecule has 0 saturated heterocycles. The predicted molar refractivity (Wildman–Crippen MR) is 121 cm³/mol. The Labute approximate surface area is 187 Å². The van der Waals surface area contributed by atoms with Crippen molar-refractivity contribution < 1.29 is 20.1 Å². The fraction of sp³-hybridized carbons (Fsp3) is 0.296. The summed E-state index contributed by atoms with van der Waals surface area (Å²) in [5, 5.41) is 5.04. The second-order valence-corrected chi connectivity index (χ2v) is 9.78. The Hall–Kier alpha value is -2.02. The summed E-state index contributed by atoms with van der Waals surface area (Å²) in [5.74, 6) is 0. The normalized spacial score (nSPS) is 12.2. The zero-order valence-electron chi connectivity index (χ0n) is 18.1. The first-order valence-corrected chi connectivity index (χ1v) is 9.98. The summed E-state index contributed by atoms with van der Waals surface area (Å²) in [5.41, 5.74) is 4.95. The van der Waals surface area contributed by atoms with Crippen LogP contribution < -0.4 is 0 Å². The Morgan fingerprint density at radius 1 is 0.690 bits per heavy atom. The fourth-order valence-electron chi connectivity index (χ4n) is 3.66. The van der Waals surface area contributed by atoms with Gasteiger partial charge >= 0.3 is 0 Å². The van der Waals surface area contributed by atoms with Gasteiger partial charge in [0.2, 0.25) is 0 Å². The van der Waals surface area contributed by atoms with E-state index in [1.165, 1.54) is 32.7 Å². The van der Waals surface area contributed by atoms with E-state index in [0.29, 0.717) is 0 Å². The van der Waals surface area contributed by atoms with Gasteiger partial charge in [-0.3, -0.25) is 0 Å². The molecular weight excluding hydrogens is 531 g/mol. The third-order valence-corrected chi connectivity index (χ3v) is 5.53. The summed E-state index contributed by atoms with van der Waals surface area (Å²) in [6.07, 6.45) is 1.91. The van der Waals surface area contributed by atoms with Crippen molar-refractivity contribution in [2.45, 2.75) is 52.4 Å². The van der Waals surface area contributed by atoms with Crippen LogP contribution in [-0.2, 0) is 30.9 Å². The monoisotopic (exact) mass is 559 g/mol. The van der Waals surface area contributed by atoms with E-state index >= 15 is 0 Å². The van der Waals surface area contributed by atoms with Crippen LogP contribution in [0.4, 0.5) is 0 Å². The van der Waals surface area contributed by atoms with E-state index in [9.17, 15) is 0 Å². The van der Waals surface area contributed by atoms with Crippen molar-refractivity contribution in [3.8, 4) is 11.3 Å². The second kappa shape index (κ2) is 7.67. The van der Waals surface area contributed by atoms with Crippen molar-refractivity contribution in [2.24, 2.45) is 0 Å². The first-order chi connectivity index (χ1) is 13.1. The minimum atomic E-state index is 0. The van der Waals surface area contributed by atoms with Crippen LogP contribution in [-0.4, -0.2) is 4.98 Å². The fourth-order valence-corrected chi connectivity index (χ4v) is 3.66. The molecule has 0 atom stereocenters. The molecule has 1 heterocycles. The van der Waals surface area contributed by atoms with Crippen LogP contribution in [0.2, 0.25) is 0 Å². The molecule has 29 heavy (non-hydrogen) atoms. The summed E-state index contributed by atoms with van der Waals surface area (Å²) in [6, 6.07) is 23.4. The molecular formula is C27H28IrN-. The number of hydrogen-bond donors (Lipinski definition) is 0. The second-order valence-electron chi connectivity index (χ2n) is 9.78. The Kier molecular flexibility index (Phi) is 5.73. The van der Waals surface area contributed by atoms with Crippen LogP contribution in [0, 0.1) is 6.07 Å². The molecule has 0 saturated carbocycles. The van der Waals surface area contributed by atoms with Crippen molar-refractivity contribution in [2.75, 3.05) is 0 Å². The van der Waals surface area contributed by atoms with Crippen molar-refractivity contribution >= 4 is 21.5 Å². The average molecular weight is 559 g/mol. The molecule has 0 spiro atoms. The summed E-state index contributed by atoms with van der Waals surface area (Å²) in [4.78, 5) is 4.60. The van der Waals surface area contributed by atoms with Crippen LogP contribution in [0.5, 0.6) is 0 Å². The van der Waals surface area contributed by atoms with Gasteiger partial charge in [0.25, 0.3) is 0 Å². The maximum Gasteiger partial charge on any atom is 0.0163 e. The van der Waals surface area contributed by atoms with Gasteiger partial charge in [0.05, 0.1) is 0 Å². The van der Waals surface area contributed by atoms with Gasteiger partial charge in [0.15, 0.2) is 0 Å². The maximum absolute atomic E-state index is 4.60. The van der Waals surface area contributed by atoms with Crippen LogP contribution in [0.25, 0.3) is 32.8 Å². The average Bonchev–Trinajstić information content (AvgIpc) is 2.65. The molecule has 0 bridgehead atoms. The van der Waals surface area contributed by atoms with Gasteiger partial charge < -0.3 is 4.98 Å². The Bertz CT molecular complexity index is 1180. The molecule has 0 N–H and O–H groups in total. The van der Waals surface area contributed by atoms with E-state index in [1.54, 1.807) is 0 Å². The standard InChI is InChI=1S/C27H28N.Ir/c1-26(2,3)21-10-12-24-19(16-21)8-7-18-15-20(9-11-23(18)24)25-17-22(13-14-28-25)27(4,5)6;/h7-8,10-17H,1-6H3;/q-1;. The molecule has 3 aromatic carbocycles. The molecule has 0 amide bonds. The quantitative estimate of drug-likeness (QED) is 0.175. The molecule has 4 aromatic rings. The molecule has 0 aliphatic heterocycles. The van der Waals surface area contributed by atoms with Gasteiger partial charge in [0.1, 0.15) is 0 Å². The van der Waals surface area contributed by atoms with Crippen LogP contribution >= 0.6 is 0 Å². The van der Waals surface area contributed by atoms with Crippen LogP contribution in [0.3, 0.4) is 0 Å². The number of fused-ring (bicyclic) bond motifs is 3. The smallest absolute Gasteiger partial charge is 0.0163 e. The Morgan fingerprint density at radius 3 is 1.97 bits per heavy atom. The van der Waals surface area contributed by atoms with E-state index in [-0.39, 0.29) is 30.9 Å². The summed E-state index contributed by atoms with van der Waals surface area (Å²) in [7, 11) is 0. The summed E-state index contributed by atoms with van der Waals surface area (Å²) in [6.45, 7) is 13.5. The van der Waals surface area contributed by atoms with Crippen molar-refractivity contribution in [3.63, 3.8) is 0 Å². The van der Waals surface area contributed by atoms with Gasteiger partial charge in [0, 0.05) is 26.3 Å². The van der Waals surface area contributed by atoms with E-state index in [1.807, 2.05) is 6.20 Å². The predicted octanol–water partition coefficient (Wildman–Crippen LogP) is 7.45. The molecule has 2 heteroatoms. The zero-order valence-corrected chi connectivity index (χ0v) is 20.4. The SMILES string of the molecule is CC(C)(C)c1ccnc(-c2[c-]cc3c(ccc4cc(C(C)(C)C)ccc43)c2)c1.[Ir]. The Morgan fingerprint density at radius 2 is 1.31 bits per heavy atom. The third-order valence-electron chi connectivity index (χ3n) is 5.53. The van der Waals surface area contributed by atoms with E-state index in [2.05, 4.69) is 107 Å². The number of hydrogen-bond acceptors (Lipinski definition) is 1. The number of aromatic nitrogens is 1. The Balaban J connectivity index is 0.00000240. The van der Waals surface area contributed by atoms with Crippen molar-refractivity contribution in [1.82, 2.24) is 4.98 Å². The molecule has 151 valence electrons. The van der Waals surface area contributed by atoms with E-state index < -0.39 is 0 Å². The summed E-state index contributed by atoms with van der Waals surface area (Å²) < 4.78 is 0. The topological polar surface area (TPSA) is 12.9 Å². The summed E-state index contributed by atoms with van der Waals surface area (Å²) >= 11 is 0. The van der Waals surface area contributed by atoms with Gasteiger partial charge in [-0.05, 0) is 39.1 Å². The number of pyridine rings is 1. The molecule has 0 fully saturated rings. The van der Waals surface area contributed by atoms with E-state index in [4.69, 9.17) is 0 Å². The number of nitrogens with zero attached hydrogens (tertiary/aromatic N) is 1. The van der Waals surface area contributed by atoms with Gasteiger partial charge in [-0.25, -0.2) is 0 Å². The molecule has 1 radical (unpaired) electrons. The molecule has 4 rings (SSSR count). The maximum atomic E-state index is 4.60. The molecule has 0 aliphatic rings. The van der Waals surface area contributed by atoms with Gasteiger partial charge in [-0.15, -0.1) is 29.1 Å². The van der Waals surface area contributed by atoms with Gasteiger partial charge in [-0.1, -0.05) is 88.7 Å². The molecule has 0 unspecified atom stereocenters. The first-order valence-electron chi connectivity index (χ1n) is 9.98. The minimum absolute atomic E-state index is 0. The molecule has 1 nitrogen and oxygen atoms in total. The molecule has 1 aromatic heterocycles. The van der Waals surface area contributed by atoms with Crippen molar-refractivity contribution in [3.05, 3.63) is 78.0 Å². The van der Waals surface area contributed by atoms with Crippen LogP contribution in [0.15, 0.2) is 60.8 Å². The third kappa shape index (κ3) is 4.29. The van der Waals surface area contributed by atoms with Crippen molar-refractivity contribution in [1.29, 1.82) is 0 Å².